The van der Waals surface area contributed by atoms with Crippen LogP contribution in [-0.2, 0) is 4.79 Å². The lowest BCUT2D eigenvalue weighted by atomic mass is 10.2. The van der Waals surface area contributed by atoms with Gasteiger partial charge in [-0.25, -0.2) is 0 Å². The molecule has 1 rings (SSSR count). The Morgan fingerprint density at radius 3 is 2.20 bits per heavy atom. The highest BCUT2D eigenvalue weighted by Crippen LogP contribution is 2.03. The van der Waals surface area contributed by atoms with Crippen molar-refractivity contribution in [3.63, 3.8) is 0 Å². The Hall–Kier alpha value is -0.650. The molecule has 0 aromatic heterocycles. The zero-order chi connectivity index (χ0) is 11.9. The quantitative estimate of drug-likeness (QED) is 0.560. The van der Waals surface area contributed by atoms with Crippen LogP contribution in [0.5, 0.6) is 0 Å². The maximum absolute atomic E-state index is 10.1. The second-order valence-electron chi connectivity index (χ2n) is 4.72. The van der Waals surface area contributed by atoms with E-state index < -0.39 is 5.97 Å². The van der Waals surface area contributed by atoms with Crippen LogP contribution in [0.2, 0.25) is 0 Å². The van der Waals surface area contributed by atoms with Gasteiger partial charge in [-0.1, -0.05) is 0 Å². The number of quaternary nitrogens is 1. The van der Waals surface area contributed by atoms with E-state index in [-0.39, 0.29) is 12.6 Å². The molecule has 0 aromatic carbocycles. The normalized spacial score (nSPS) is 20.7. The molecule has 1 fully saturated rings. The van der Waals surface area contributed by atoms with E-state index in [1.54, 1.807) is 0 Å². The first-order chi connectivity index (χ1) is 6.87. The molecule has 0 aliphatic carbocycles. The summed E-state index contributed by atoms with van der Waals surface area (Å²) in [6.07, 6.45) is 1.78. The van der Waals surface area contributed by atoms with E-state index in [1.165, 1.54) is 0 Å². The van der Waals surface area contributed by atoms with Gasteiger partial charge in [0.2, 0.25) is 0 Å². The van der Waals surface area contributed by atoms with Crippen molar-refractivity contribution in [3.8, 4) is 0 Å². The highest BCUT2D eigenvalue weighted by atomic mass is 16.4. The van der Waals surface area contributed by atoms with Crippen molar-refractivity contribution < 1.29 is 19.5 Å². The monoisotopic (exact) mass is 219 g/mol. The second-order valence-corrected chi connectivity index (χ2v) is 4.72. The van der Waals surface area contributed by atoms with Gasteiger partial charge in [0, 0.05) is 0 Å². The van der Waals surface area contributed by atoms with E-state index >= 15 is 0 Å². The number of likely N-dealkylation sites (N-methyl/N-ethyl adjacent to an activating group) is 1. The number of nitrogens with zero attached hydrogens (tertiary/aromatic N) is 1. The van der Waals surface area contributed by atoms with E-state index in [2.05, 4.69) is 26.5 Å². The summed E-state index contributed by atoms with van der Waals surface area (Å²) in [5, 5.41) is 19.6. The predicted molar refractivity (Wildman–Crippen MR) is 58.6 cm³/mol. The Kier molecular flexibility index (Phi) is 6.47. The van der Waals surface area contributed by atoms with E-state index in [0.29, 0.717) is 0 Å². The number of hydrogen-bond donors (Lipinski definition) is 3. The van der Waals surface area contributed by atoms with Crippen molar-refractivity contribution in [2.24, 2.45) is 0 Å². The van der Waals surface area contributed by atoms with E-state index in [0.717, 1.165) is 30.4 Å². The molecule has 0 aromatic rings. The summed E-state index contributed by atoms with van der Waals surface area (Å²) in [6, 6.07) is -0.269. The number of hydrogen-bond acceptors (Lipinski definition) is 3. The average molecular weight is 219 g/mol. The number of aliphatic hydroxyl groups is 1. The lowest BCUT2D eigenvalue weighted by Crippen LogP contribution is -2.36. The van der Waals surface area contributed by atoms with Crippen LogP contribution in [0.25, 0.3) is 0 Å². The molecule has 0 bridgehead atoms. The minimum Gasteiger partial charge on any atom is -0.480 e. The number of aliphatic carboxylic acids is 1. The molecular formula is C10H23N2O3+. The molecule has 15 heavy (non-hydrogen) atoms. The van der Waals surface area contributed by atoms with Crippen LogP contribution in [-0.4, -0.2) is 67.5 Å². The number of aliphatic hydroxyl groups excluding tert-OH is 1. The van der Waals surface area contributed by atoms with E-state index in [1.807, 2.05) is 0 Å². The van der Waals surface area contributed by atoms with Gasteiger partial charge in [-0.15, -0.1) is 0 Å². The molecule has 1 aliphatic heterocycles. The summed E-state index contributed by atoms with van der Waals surface area (Å²) in [5.41, 5.74) is 0. The second kappa shape index (κ2) is 6.76. The van der Waals surface area contributed by atoms with Gasteiger partial charge in [0.05, 0.1) is 27.7 Å². The molecule has 5 heteroatoms. The first kappa shape index (κ1) is 14.3. The summed E-state index contributed by atoms with van der Waals surface area (Å²) in [6.45, 7) is 1.97. The molecule has 0 spiro atoms. The maximum atomic E-state index is 10.1. The van der Waals surface area contributed by atoms with Crippen LogP contribution in [0.1, 0.15) is 12.8 Å². The van der Waals surface area contributed by atoms with Gasteiger partial charge in [-0.3, -0.25) is 4.79 Å². The average Bonchev–Trinajstić information content (AvgIpc) is 2.53. The van der Waals surface area contributed by atoms with Gasteiger partial charge in [0.25, 0.3) is 0 Å². The van der Waals surface area contributed by atoms with Crippen LogP contribution in [0.15, 0.2) is 0 Å². The molecule has 1 aliphatic rings. The fourth-order valence-corrected chi connectivity index (χ4v) is 1.20. The standard InChI is InChI=1S/C5H9NO2.C5H14NO/c7-5(8)4-2-1-3-6-4;1-6(2,3)4-5-7/h4,6H,1-3H2,(H,7,8);7H,4-5H2,1-3H3/q;+1. The van der Waals surface area contributed by atoms with Crippen molar-refractivity contribution in [3.05, 3.63) is 0 Å². The third-order valence-corrected chi connectivity index (χ3v) is 2.13. The maximum Gasteiger partial charge on any atom is 0.320 e. The lowest BCUT2D eigenvalue weighted by Gasteiger charge is -2.21. The number of rotatable bonds is 3. The van der Waals surface area contributed by atoms with Gasteiger partial charge < -0.3 is 20.0 Å². The van der Waals surface area contributed by atoms with Gasteiger partial charge >= 0.3 is 5.97 Å². The first-order valence-corrected chi connectivity index (χ1v) is 5.24. The Balaban J connectivity index is 0.000000265. The summed E-state index contributed by atoms with van der Waals surface area (Å²) < 4.78 is 0.844. The van der Waals surface area contributed by atoms with Gasteiger partial charge in [0.1, 0.15) is 12.6 Å². The largest absolute Gasteiger partial charge is 0.480 e. The van der Waals surface area contributed by atoms with Gasteiger partial charge in [-0.05, 0) is 19.4 Å². The third kappa shape index (κ3) is 8.35. The molecule has 0 saturated carbocycles. The number of carboxylic acid groups (broad SMARTS) is 1. The molecular weight excluding hydrogens is 196 g/mol. The Morgan fingerprint density at radius 1 is 1.47 bits per heavy atom. The first-order valence-electron chi connectivity index (χ1n) is 5.24. The molecule has 1 atom stereocenters. The van der Waals surface area contributed by atoms with Crippen LogP contribution >= 0.6 is 0 Å². The minimum atomic E-state index is -0.720. The molecule has 0 radical (unpaired) electrons. The van der Waals surface area contributed by atoms with Crippen molar-refractivity contribution >= 4 is 5.97 Å². The molecule has 1 saturated heterocycles. The van der Waals surface area contributed by atoms with E-state index in [9.17, 15) is 4.79 Å². The summed E-state index contributed by atoms with van der Waals surface area (Å²) in [7, 11) is 6.16. The molecule has 3 N–H and O–H groups in total. The molecule has 90 valence electrons. The number of nitrogens with one attached hydrogen (secondary N) is 1. The molecule has 5 nitrogen and oxygen atoms in total. The predicted octanol–water partition coefficient (Wildman–Crippen LogP) is -0.492. The summed E-state index contributed by atoms with van der Waals surface area (Å²) in [4.78, 5) is 10.1. The molecule has 1 unspecified atom stereocenters. The Labute approximate surface area is 91.3 Å². The number of carboxylic acids is 1. The SMILES string of the molecule is C[N+](C)(C)CCO.O=C(O)C1CCCN1. The van der Waals surface area contributed by atoms with Crippen LogP contribution in [0.4, 0.5) is 0 Å². The zero-order valence-electron chi connectivity index (χ0n) is 9.86. The summed E-state index contributed by atoms with van der Waals surface area (Å²) >= 11 is 0. The minimum absolute atomic E-state index is 0.269. The zero-order valence-corrected chi connectivity index (χ0v) is 9.86. The van der Waals surface area contributed by atoms with Gasteiger partial charge in [0.15, 0.2) is 0 Å². The Bertz CT molecular complexity index is 184. The van der Waals surface area contributed by atoms with Crippen molar-refractivity contribution in [1.29, 1.82) is 0 Å². The highest BCUT2D eigenvalue weighted by Gasteiger charge is 2.20. The van der Waals surface area contributed by atoms with E-state index in [4.69, 9.17) is 10.2 Å². The fraction of sp³-hybridized carbons (Fsp3) is 0.900. The smallest absolute Gasteiger partial charge is 0.320 e. The van der Waals surface area contributed by atoms with Crippen LogP contribution < -0.4 is 5.32 Å². The lowest BCUT2D eigenvalue weighted by molar-refractivity contribution is -0.870. The van der Waals surface area contributed by atoms with Crippen molar-refractivity contribution in [2.45, 2.75) is 18.9 Å². The number of carbonyl (C=O) groups is 1. The van der Waals surface area contributed by atoms with Crippen LogP contribution in [0.3, 0.4) is 0 Å². The Morgan fingerprint density at radius 2 is 2.07 bits per heavy atom. The van der Waals surface area contributed by atoms with Gasteiger partial charge in [-0.2, -0.15) is 0 Å². The third-order valence-electron chi connectivity index (χ3n) is 2.13. The van der Waals surface area contributed by atoms with Crippen molar-refractivity contribution in [2.75, 3.05) is 40.8 Å². The molecule has 0 amide bonds. The molecule has 1 heterocycles. The van der Waals surface area contributed by atoms with Crippen molar-refractivity contribution in [1.82, 2.24) is 5.32 Å². The summed E-state index contributed by atoms with van der Waals surface area (Å²) in [5.74, 6) is -0.720. The highest BCUT2D eigenvalue weighted by molar-refractivity contribution is 5.73. The fourth-order valence-electron chi connectivity index (χ4n) is 1.20. The topological polar surface area (TPSA) is 69.6 Å². The van der Waals surface area contributed by atoms with Crippen LogP contribution in [0, 0.1) is 0 Å².